The highest BCUT2D eigenvalue weighted by Gasteiger charge is 2.18. The zero-order chi connectivity index (χ0) is 10.4. The van der Waals surface area contributed by atoms with Crippen molar-refractivity contribution in [1.29, 1.82) is 0 Å². The van der Waals surface area contributed by atoms with E-state index in [2.05, 4.69) is 11.3 Å². The van der Waals surface area contributed by atoms with Crippen molar-refractivity contribution in [2.75, 3.05) is 0 Å². The van der Waals surface area contributed by atoms with Crippen LogP contribution < -0.4 is 0 Å². The smallest absolute Gasteiger partial charge is 0.347 e. The van der Waals surface area contributed by atoms with Crippen LogP contribution in [0.25, 0.3) is 0 Å². The van der Waals surface area contributed by atoms with Gasteiger partial charge in [0.15, 0.2) is 6.10 Å². The first kappa shape index (κ1) is 11.7. The summed E-state index contributed by atoms with van der Waals surface area (Å²) in [5, 5.41) is 0. The lowest BCUT2D eigenvalue weighted by Crippen LogP contribution is -2.27. The molecule has 0 heterocycles. The zero-order valence-electron chi connectivity index (χ0n) is 8.07. The molecule has 0 radical (unpaired) electrons. The lowest BCUT2D eigenvalue weighted by atomic mass is 10.4. The average molecular weight is 186 g/mol. The van der Waals surface area contributed by atoms with E-state index in [1.807, 2.05) is 0 Å². The van der Waals surface area contributed by atoms with Crippen molar-refractivity contribution in [1.82, 2.24) is 0 Å². The van der Waals surface area contributed by atoms with Crippen molar-refractivity contribution in [2.24, 2.45) is 0 Å². The number of hydrogen-bond donors (Lipinski definition) is 0. The van der Waals surface area contributed by atoms with Gasteiger partial charge < -0.3 is 9.47 Å². The molecule has 0 N–H and O–H groups in total. The van der Waals surface area contributed by atoms with Gasteiger partial charge in [0.25, 0.3) is 0 Å². The molecule has 1 unspecified atom stereocenters. The molecule has 0 aromatic carbocycles. The van der Waals surface area contributed by atoms with Gasteiger partial charge in [0.05, 0.1) is 6.10 Å². The maximum absolute atomic E-state index is 11.1. The summed E-state index contributed by atoms with van der Waals surface area (Å²) >= 11 is 0. The first-order valence-corrected chi connectivity index (χ1v) is 4.01. The maximum Gasteiger partial charge on any atom is 0.347 e. The molecular weight excluding hydrogens is 172 g/mol. The highest BCUT2D eigenvalue weighted by molar-refractivity contribution is 5.84. The summed E-state index contributed by atoms with van der Waals surface area (Å²) in [5.41, 5.74) is 0. The van der Waals surface area contributed by atoms with Gasteiger partial charge in [-0.2, -0.15) is 0 Å². The second kappa shape index (κ2) is 5.35. The van der Waals surface area contributed by atoms with Gasteiger partial charge in [0.1, 0.15) is 0 Å². The predicted octanol–water partition coefficient (Wildman–Crippen LogP) is 1.06. The van der Waals surface area contributed by atoms with Crippen LogP contribution in [0.3, 0.4) is 0 Å². The van der Waals surface area contributed by atoms with E-state index in [9.17, 15) is 9.59 Å². The Bertz CT molecular complexity index is 208. The normalized spacial score (nSPS) is 12.0. The van der Waals surface area contributed by atoms with Crippen molar-refractivity contribution in [3.8, 4) is 0 Å². The minimum absolute atomic E-state index is 0.211. The van der Waals surface area contributed by atoms with Crippen LogP contribution in [0.5, 0.6) is 0 Å². The number of carbonyl (C=O) groups is 2. The van der Waals surface area contributed by atoms with E-state index in [0.29, 0.717) is 0 Å². The molecule has 74 valence electrons. The molecule has 0 aliphatic heterocycles. The Morgan fingerprint density at radius 2 is 1.77 bits per heavy atom. The van der Waals surface area contributed by atoms with Crippen LogP contribution in [0.1, 0.15) is 20.8 Å². The Kier molecular flexibility index (Phi) is 4.80. The quantitative estimate of drug-likeness (QED) is 0.486. The van der Waals surface area contributed by atoms with E-state index in [1.165, 1.54) is 6.92 Å². The fourth-order valence-electron chi connectivity index (χ4n) is 0.599. The van der Waals surface area contributed by atoms with Crippen LogP contribution in [0, 0.1) is 0 Å². The Balaban J connectivity index is 3.96. The van der Waals surface area contributed by atoms with Crippen molar-refractivity contribution in [2.45, 2.75) is 33.0 Å². The van der Waals surface area contributed by atoms with Gasteiger partial charge in [-0.25, -0.2) is 9.59 Å². The molecule has 1 atom stereocenters. The summed E-state index contributed by atoms with van der Waals surface area (Å²) in [5.74, 6) is -1.18. The van der Waals surface area contributed by atoms with Crippen molar-refractivity contribution in [3.63, 3.8) is 0 Å². The Labute approximate surface area is 77.5 Å². The van der Waals surface area contributed by atoms with Gasteiger partial charge >= 0.3 is 11.9 Å². The number of hydrogen-bond acceptors (Lipinski definition) is 4. The summed E-state index contributed by atoms with van der Waals surface area (Å²) < 4.78 is 9.44. The highest BCUT2D eigenvalue weighted by Crippen LogP contribution is 1.99. The molecule has 0 bridgehead atoms. The maximum atomic E-state index is 11.1. The van der Waals surface area contributed by atoms with Crippen LogP contribution in [-0.2, 0) is 19.1 Å². The van der Waals surface area contributed by atoms with E-state index in [0.717, 1.165) is 6.08 Å². The summed E-state index contributed by atoms with van der Waals surface area (Å²) in [7, 11) is 0. The first-order valence-electron chi connectivity index (χ1n) is 4.01. The van der Waals surface area contributed by atoms with Gasteiger partial charge in [-0.3, -0.25) is 0 Å². The van der Waals surface area contributed by atoms with Gasteiger partial charge in [-0.05, 0) is 20.8 Å². The number of esters is 2. The van der Waals surface area contributed by atoms with Crippen molar-refractivity contribution in [3.05, 3.63) is 12.7 Å². The number of rotatable bonds is 4. The molecule has 0 aliphatic rings. The molecular formula is C9H14O4. The van der Waals surface area contributed by atoms with Gasteiger partial charge in [-0.1, -0.05) is 6.58 Å². The third-order valence-electron chi connectivity index (χ3n) is 1.14. The van der Waals surface area contributed by atoms with E-state index in [1.54, 1.807) is 13.8 Å². The minimum Gasteiger partial charge on any atom is -0.460 e. The molecule has 0 aromatic heterocycles. The van der Waals surface area contributed by atoms with Crippen LogP contribution >= 0.6 is 0 Å². The monoisotopic (exact) mass is 186 g/mol. The topological polar surface area (TPSA) is 52.6 Å². The lowest BCUT2D eigenvalue weighted by molar-refractivity contribution is -0.166. The number of ether oxygens (including phenoxy) is 2. The van der Waals surface area contributed by atoms with Gasteiger partial charge in [0, 0.05) is 6.08 Å². The van der Waals surface area contributed by atoms with E-state index in [4.69, 9.17) is 4.74 Å². The Morgan fingerprint density at radius 3 is 2.15 bits per heavy atom. The summed E-state index contributed by atoms with van der Waals surface area (Å²) in [6, 6.07) is 0. The van der Waals surface area contributed by atoms with Gasteiger partial charge in [-0.15, -0.1) is 0 Å². The van der Waals surface area contributed by atoms with Gasteiger partial charge in [0.2, 0.25) is 0 Å². The molecule has 13 heavy (non-hydrogen) atoms. The summed E-state index contributed by atoms with van der Waals surface area (Å²) in [6.45, 7) is 8.10. The lowest BCUT2D eigenvalue weighted by Gasteiger charge is -2.13. The summed E-state index contributed by atoms with van der Waals surface area (Å²) in [6.07, 6.45) is -0.0932. The van der Waals surface area contributed by atoms with Crippen LogP contribution in [0.4, 0.5) is 0 Å². The molecule has 0 spiro atoms. The standard InChI is InChI=1S/C9H14O4/c1-5-8(10)13-7(4)9(11)12-6(2)3/h5-7H,1H2,2-4H3. The average Bonchev–Trinajstić information content (AvgIpc) is 2.02. The zero-order valence-corrected chi connectivity index (χ0v) is 8.07. The fourth-order valence-corrected chi connectivity index (χ4v) is 0.599. The highest BCUT2D eigenvalue weighted by atomic mass is 16.6. The molecule has 0 rings (SSSR count). The van der Waals surface area contributed by atoms with E-state index < -0.39 is 18.0 Å². The van der Waals surface area contributed by atoms with Crippen LogP contribution in [-0.4, -0.2) is 24.1 Å². The molecule has 0 fully saturated rings. The van der Waals surface area contributed by atoms with E-state index in [-0.39, 0.29) is 6.10 Å². The molecule has 4 nitrogen and oxygen atoms in total. The second-order valence-electron chi connectivity index (χ2n) is 2.77. The van der Waals surface area contributed by atoms with E-state index >= 15 is 0 Å². The predicted molar refractivity (Wildman–Crippen MR) is 47.0 cm³/mol. The second-order valence-corrected chi connectivity index (χ2v) is 2.77. The first-order chi connectivity index (χ1) is 5.97. The molecule has 0 saturated carbocycles. The Hall–Kier alpha value is -1.32. The number of carbonyl (C=O) groups excluding carboxylic acids is 2. The fraction of sp³-hybridized carbons (Fsp3) is 0.556. The largest absolute Gasteiger partial charge is 0.460 e. The SMILES string of the molecule is C=CC(=O)OC(C)C(=O)OC(C)C. The molecule has 0 amide bonds. The van der Waals surface area contributed by atoms with Crippen LogP contribution in [0.2, 0.25) is 0 Å². The third kappa shape index (κ3) is 5.00. The third-order valence-corrected chi connectivity index (χ3v) is 1.14. The minimum atomic E-state index is -0.882. The molecule has 4 heteroatoms. The molecule has 0 aromatic rings. The molecule has 0 aliphatic carbocycles. The molecule has 0 saturated heterocycles. The van der Waals surface area contributed by atoms with Crippen molar-refractivity contribution < 1.29 is 19.1 Å². The Morgan fingerprint density at radius 1 is 1.23 bits per heavy atom. The summed E-state index contributed by atoms with van der Waals surface area (Å²) in [4.78, 5) is 21.7. The van der Waals surface area contributed by atoms with Crippen LogP contribution in [0.15, 0.2) is 12.7 Å². The van der Waals surface area contributed by atoms with Crippen molar-refractivity contribution >= 4 is 11.9 Å².